The van der Waals surface area contributed by atoms with Crippen molar-refractivity contribution in [3.05, 3.63) is 11.9 Å². The van der Waals surface area contributed by atoms with Crippen LogP contribution >= 0.6 is 0 Å². The third-order valence-corrected chi connectivity index (χ3v) is 3.62. The zero-order valence-corrected chi connectivity index (χ0v) is 11.1. The lowest BCUT2D eigenvalue weighted by atomic mass is 9.76. The van der Waals surface area contributed by atoms with Gasteiger partial charge in [0.05, 0.1) is 5.69 Å². The van der Waals surface area contributed by atoms with Crippen LogP contribution in [-0.4, -0.2) is 43.6 Å². The van der Waals surface area contributed by atoms with Crippen molar-refractivity contribution in [3.63, 3.8) is 0 Å². The number of likely N-dealkylation sites (tertiary alicyclic amines) is 1. The summed E-state index contributed by atoms with van der Waals surface area (Å²) in [7, 11) is 1.81. The third kappa shape index (κ3) is 2.53. The molecule has 0 radical (unpaired) electrons. The predicted octanol–water partition coefficient (Wildman–Crippen LogP) is 0.890. The Kier molecular flexibility index (Phi) is 3.38. The van der Waals surface area contributed by atoms with E-state index in [4.69, 9.17) is 0 Å². The standard InChI is InChI=1S/C12H20N4O2/c1-12(2)5-4-6-16(10(12)11(17)18)8-9-7-15(3)14-13-9/h7,10H,4-6,8H2,1-3H3,(H,17,18). The van der Waals surface area contributed by atoms with Crippen molar-refractivity contribution in [2.75, 3.05) is 6.54 Å². The van der Waals surface area contributed by atoms with Gasteiger partial charge in [-0.1, -0.05) is 19.1 Å². The van der Waals surface area contributed by atoms with Crippen molar-refractivity contribution in [3.8, 4) is 0 Å². The number of aliphatic carboxylic acids is 1. The second kappa shape index (κ2) is 4.68. The smallest absolute Gasteiger partial charge is 0.321 e. The van der Waals surface area contributed by atoms with Gasteiger partial charge in [-0.05, 0) is 24.8 Å². The van der Waals surface area contributed by atoms with Gasteiger partial charge in [0.25, 0.3) is 0 Å². The lowest BCUT2D eigenvalue weighted by molar-refractivity contribution is -0.151. The van der Waals surface area contributed by atoms with Gasteiger partial charge in [-0.15, -0.1) is 5.10 Å². The molecular weight excluding hydrogens is 232 g/mol. The molecule has 18 heavy (non-hydrogen) atoms. The number of nitrogens with zero attached hydrogens (tertiary/aromatic N) is 4. The predicted molar refractivity (Wildman–Crippen MR) is 65.9 cm³/mol. The van der Waals surface area contributed by atoms with Crippen molar-refractivity contribution >= 4 is 5.97 Å². The average molecular weight is 252 g/mol. The van der Waals surface area contributed by atoms with Crippen LogP contribution in [0, 0.1) is 5.41 Å². The summed E-state index contributed by atoms with van der Waals surface area (Å²) in [6.07, 6.45) is 3.80. The molecular formula is C12H20N4O2. The third-order valence-electron chi connectivity index (χ3n) is 3.62. The molecule has 1 saturated heterocycles. The van der Waals surface area contributed by atoms with Crippen LogP contribution in [0.15, 0.2) is 6.20 Å². The first-order chi connectivity index (χ1) is 8.40. The number of aromatic nitrogens is 3. The van der Waals surface area contributed by atoms with Gasteiger partial charge in [-0.3, -0.25) is 14.4 Å². The summed E-state index contributed by atoms with van der Waals surface area (Å²) in [6.45, 7) is 5.40. The van der Waals surface area contributed by atoms with Crippen molar-refractivity contribution < 1.29 is 9.90 Å². The fourth-order valence-electron chi connectivity index (χ4n) is 2.83. The van der Waals surface area contributed by atoms with E-state index in [0.29, 0.717) is 6.54 Å². The maximum absolute atomic E-state index is 11.5. The first-order valence-electron chi connectivity index (χ1n) is 6.22. The molecule has 0 aromatic carbocycles. The molecule has 1 aromatic heterocycles. The monoisotopic (exact) mass is 252 g/mol. The Morgan fingerprint density at radius 2 is 2.33 bits per heavy atom. The minimum atomic E-state index is -0.747. The molecule has 6 nitrogen and oxygen atoms in total. The Hall–Kier alpha value is -1.43. The van der Waals surface area contributed by atoms with Gasteiger partial charge in [-0.25, -0.2) is 0 Å². The van der Waals surface area contributed by atoms with Gasteiger partial charge in [0.1, 0.15) is 6.04 Å². The summed E-state index contributed by atoms with van der Waals surface area (Å²) in [6, 6.07) is -0.451. The molecule has 1 aliphatic rings. The Morgan fingerprint density at radius 3 is 2.89 bits per heavy atom. The van der Waals surface area contributed by atoms with Gasteiger partial charge < -0.3 is 5.11 Å². The van der Waals surface area contributed by atoms with Crippen LogP contribution in [0.4, 0.5) is 0 Å². The van der Waals surface area contributed by atoms with E-state index in [-0.39, 0.29) is 5.41 Å². The molecule has 1 fully saturated rings. The van der Waals surface area contributed by atoms with Crippen LogP contribution in [0.1, 0.15) is 32.4 Å². The number of hydrogen-bond donors (Lipinski definition) is 1. The highest BCUT2D eigenvalue weighted by Crippen LogP contribution is 2.35. The molecule has 2 rings (SSSR count). The second-order valence-electron chi connectivity index (χ2n) is 5.69. The summed E-state index contributed by atoms with van der Waals surface area (Å²) in [5, 5.41) is 17.4. The number of carboxylic acid groups (broad SMARTS) is 1. The maximum atomic E-state index is 11.5. The minimum Gasteiger partial charge on any atom is -0.480 e. The number of piperidine rings is 1. The Bertz CT molecular complexity index is 441. The van der Waals surface area contributed by atoms with E-state index < -0.39 is 12.0 Å². The fraction of sp³-hybridized carbons (Fsp3) is 0.750. The van der Waals surface area contributed by atoms with Crippen LogP contribution in [0.25, 0.3) is 0 Å². The highest BCUT2D eigenvalue weighted by atomic mass is 16.4. The molecule has 0 aliphatic carbocycles. The van der Waals surface area contributed by atoms with Crippen LogP contribution in [0.2, 0.25) is 0 Å². The van der Waals surface area contributed by atoms with Crippen molar-refractivity contribution in [1.29, 1.82) is 0 Å². The summed E-state index contributed by atoms with van der Waals surface area (Å²) in [4.78, 5) is 13.5. The molecule has 1 aliphatic heterocycles. The normalized spacial score (nSPS) is 24.1. The topological polar surface area (TPSA) is 71.2 Å². The van der Waals surface area contributed by atoms with Gasteiger partial charge in [0.2, 0.25) is 0 Å². The molecule has 1 N–H and O–H groups in total. The van der Waals surface area contributed by atoms with Gasteiger partial charge >= 0.3 is 5.97 Å². The maximum Gasteiger partial charge on any atom is 0.321 e. The summed E-state index contributed by atoms with van der Waals surface area (Å²) in [5.41, 5.74) is 0.619. The summed E-state index contributed by atoms with van der Waals surface area (Å²) in [5.74, 6) is -0.747. The number of hydrogen-bond acceptors (Lipinski definition) is 4. The first-order valence-corrected chi connectivity index (χ1v) is 6.22. The molecule has 0 bridgehead atoms. The number of rotatable bonds is 3. The summed E-state index contributed by atoms with van der Waals surface area (Å²) < 4.78 is 1.64. The molecule has 2 heterocycles. The largest absolute Gasteiger partial charge is 0.480 e. The van der Waals surface area contributed by atoms with E-state index in [1.54, 1.807) is 4.68 Å². The zero-order valence-electron chi connectivity index (χ0n) is 11.1. The fourth-order valence-corrected chi connectivity index (χ4v) is 2.83. The highest BCUT2D eigenvalue weighted by Gasteiger charge is 2.42. The van der Waals surface area contributed by atoms with Gasteiger partial charge in [0, 0.05) is 19.8 Å². The van der Waals surface area contributed by atoms with E-state index in [9.17, 15) is 9.90 Å². The number of carboxylic acids is 1. The molecule has 0 saturated carbocycles. The zero-order chi connectivity index (χ0) is 13.3. The second-order valence-corrected chi connectivity index (χ2v) is 5.69. The highest BCUT2D eigenvalue weighted by molar-refractivity contribution is 5.74. The van der Waals surface area contributed by atoms with E-state index in [1.807, 2.05) is 32.0 Å². The van der Waals surface area contributed by atoms with Crippen LogP contribution < -0.4 is 0 Å². The van der Waals surface area contributed by atoms with E-state index in [1.165, 1.54) is 0 Å². The van der Waals surface area contributed by atoms with Crippen LogP contribution in [-0.2, 0) is 18.4 Å². The number of aryl methyl sites for hydroxylation is 1. The first kappa shape index (κ1) is 13.0. The number of carbonyl (C=O) groups is 1. The molecule has 0 amide bonds. The summed E-state index contributed by atoms with van der Waals surface area (Å²) >= 11 is 0. The molecule has 1 unspecified atom stereocenters. The van der Waals surface area contributed by atoms with Crippen molar-refractivity contribution in [2.45, 2.75) is 39.3 Å². The van der Waals surface area contributed by atoms with E-state index in [0.717, 1.165) is 25.1 Å². The molecule has 1 aromatic rings. The lowest BCUT2D eigenvalue weighted by Gasteiger charge is -2.43. The van der Waals surface area contributed by atoms with E-state index in [2.05, 4.69) is 10.3 Å². The van der Waals surface area contributed by atoms with Crippen LogP contribution in [0.3, 0.4) is 0 Å². The minimum absolute atomic E-state index is 0.202. The van der Waals surface area contributed by atoms with Crippen molar-refractivity contribution in [2.24, 2.45) is 12.5 Å². The SMILES string of the molecule is Cn1cc(CN2CCCC(C)(C)C2C(=O)O)nn1. The quantitative estimate of drug-likeness (QED) is 0.865. The molecule has 100 valence electrons. The molecule has 6 heteroatoms. The lowest BCUT2D eigenvalue weighted by Crippen LogP contribution is -2.53. The van der Waals surface area contributed by atoms with Crippen LogP contribution in [0.5, 0.6) is 0 Å². The average Bonchev–Trinajstić information content (AvgIpc) is 2.61. The Morgan fingerprint density at radius 1 is 1.61 bits per heavy atom. The van der Waals surface area contributed by atoms with Crippen molar-refractivity contribution in [1.82, 2.24) is 19.9 Å². The Labute approximate surface area is 107 Å². The molecule has 0 spiro atoms. The van der Waals surface area contributed by atoms with E-state index >= 15 is 0 Å². The van der Waals surface area contributed by atoms with Gasteiger partial charge in [-0.2, -0.15) is 0 Å². The van der Waals surface area contributed by atoms with Gasteiger partial charge in [0.15, 0.2) is 0 Å². The Balaban J connectivity index is 2.17. The molecule has 1 atom stereocenters.